The fourth-order valence-corrected chi connectivity index (χ4v) is 2.14. The third-order valence-electron chi connectivity index (χ3n) is 3.35. The number of aliphatic hydroxyl groups is 1. The van der Waals surface area contributed by atoms with Crippen LogP contribution in [0.5, 0.6) is 0 Å². The topological polar surface area (TPSA) is 86.6 Å². The van der Waals surface area contributed by atoms with Crippen molar-refractivity contribution in [2.45, 2.75) is 26.4 Å². The highest BCUT2D eigenvalue weighted by Crippen LogP contribution is 2.30. The first-order valence-electron chi connectivity index (χ1n) is 5.88. The summed E-state index contributed by atoms with van der Waals surface area (Å²) in [6.07, 6.45) is 3.09. The van der Waals surface area contributed by atoms with Gasteiger partial charge >= 0.3 is 5.97 Å². The second-order valence-corrected chi connectivity index (χ2v) is 5.28. The Hall–Kier alpha value is -1.69. The van der Waals surface area contributed by atoms with Crippen molar-refractivity contribution in [3.05, 3.63) is 18.1 Å². The minimum atomic E-state index is -1.08. The van der Waals surface area contributed by atoms with Crippen molar-refractivity contribution in [1.29, 1.82) is 0 Å². The third kappa shape index (κ3) is 2.43. The molecule has 1 aliphatic rings. The molecule has 1 unspecified atom stereocenters. The predicted molar refractivity (Wildman–Crippen MR) is 65.6 cm³/mol. The van der Waals surface area contributed by atoms with E-state index in [1.165, 1.54) is 12.4 Å². The molecule has 0 spiro atoms. The van der Waals surface area contributed by atoms with E-state index in [-0.39, 0.29) is 17.2 Å². The molecular weight excluding hydrogens is 234 g/mol. The predicted octanol–water partition coefficient (Wildman–Crippen LogP) is 0.772. The van der Waals surface area contributed by atoms with Gasteiger partial charge in [-0.3, -0.25) is 0 Å². The molecule has 0 aliphatic carbocycles. The molecule has 98 valence electrons. The number of hydrogen-bond acceptors (Lipinski definition) is 5. The Kier molecular flexibility index (Phi) is 3.21. The van der Waals surface area contributed by atoms with E-state index in [1.54, 1.807) is 0 Å². The van der Waals surface area contributed by atoms with Crippen LogP contribution in [0.3, 0.4) is 0 Å². The van der Waals surface area contributed by atoms with Gasteiger partial charge in [0, 0.05) is 18.5 Å². The van der Waals surface area contributed by atoms with Crippen molar-refractivity contribution in [2.75, 3.05) is 18.0 Å². The van der Waals surface area contributed by atoms with Crippen molar-refractivity contribution in [3.8, 4) is 0 Å². The largest absolute Gasteiger partial charge is 0.476 e. The van der Waals surface area contributed by atoms with Crippen LogP contribution in [-0.4, -0.2) is 45.3 Å². The van der Waals surface area contributed by atoms with Crippen molar-refractivity contribution < 1.29 is 15.0 Å². The van der Waals surface area contributed by atoms with Gasteiger partial charge in [0.15, 0.2) is 5.69 Å². The Morgan fingerprint density at radius 3 is 2.67 bits per heavy atom. The molecule has 1 saturated heterocycles. The highest BCUT2D eigenvalue weighted by molar-refractivity contribution is 5.84. The first-order chi connectivity index (χ1) is 8.40. The highest BCUT2D eigenvalue weighted by atomic mass is 16.4. The van der Waals surface area contributed by atoms with E-state index in [1.807, 2.05) is 18.7 Å². The van der Waals surface area contributed by atoms with Crippen LogP contribution in [0.2, 0.25) is 0 Å². The number of carboxylic acid groups (broad SMARTS) is 1. The number of piperidine rings is 1. The van der Waals surface area contributed by atoms with E-state index in [9.17, 15) is 9.90 Å². The van der Waals surface area contributed by atoms with Gasteiger partial charge in [0.05, 0.1) is 18.5 Å². The van der Waals surface area contributed by atoms with Crippen molar-refractivity contribution >= 4 is 11.8 Å². The number of nitrogens with zero attached hydrogens (tertiary/aromatic N) is 3. The maximum atomic E-state index is 10.7. The third-order valence-corrected chi connectivity index (χ3v) is 3.35. The van der Waals surface area contributed by atoms with E-state index >= 15 is 0 Å². The number of rotatable bonds is 2. The first kappa shape index (κ1) is 12.8. The van der Waals surface area contributed by atoms with Crippen LogP contribution in [0.25, 0.3) is 0 Å². The van der Waals surface area contributed by atoms with Gasteiger partial charge in [0.2, 0.25) is 0 Å². The summed E-state index contributed by atoms with van der Waals surface area (Å²) in [5.74, 6) is -0.427. The fraction of sp³-hybridized carbons (Fsp3) is 0.583. The van der Waals surface area contributed by atoms with Crippen LogP contribution in [0.1, 0.15) is 30.8 Å². The van der Waals surface area contributed by atoms with Gasteiger partial charge in [0.25, 0.3) is 0 Å². The standard InChI is InChI=1S/C12H17N3O3/c1-12(2)7-15(4-3-9(12)16)10-6-13-8(5-14-10)11(17)18/h5-6,9,16H,3-4,7H2,1-2H3,(H,17,18). The molecule has 1 aromatic rings. The van der Waals surface area contributed by atoms with E-state index < -0.39 is 5.97 Å². The molecule has 0 amide bonds. The zero-order valence-corrected chi connectivity index (χ0v) is 10.5. The molecule has 0 aromatic carbocycles. The van der Waals surface area contributed by atoms with Gasteiger partial charge in [-0.1, -0.05) is 13.8 Å². The second-order valence-electron chi connectivity index (χ2n) is 5.28. The SMILES string of the molecule is CC1(C)CN(c2cnc(C(=O)O)cn2)CCC1O. The molecule has 18 heavy (non-hydrogen) atoms. The van der Waals surface area contributed by atoms with Crippen LogP contribution in [0.4, 0.5) is 5.82 Å². The summed E-state index contributed by atoms with van der Waals surface area (Å²) in [5, 5.41) is 18.6. The molecule has 6 heteroatoms. The fourth-order valence-electron chi connectivity index (χ4n) is 2.14. The van der Waals surface area contributed by atoms with Gasteiger partial charge < -0.3 is 15.1 Å². The Morgan fingerprint density at radius 2 is 2.17 bits per heavy atom. The lowest BCUT2D eigenvalue weighted by Crippen LogP contribution is -2.49. The van der Waals surface area contributed by atoms with E-state index in [0.29, 0.717) is 25.3 Å². The van der Waals surface area contributed by atoms with E-state index in [4.69, 9.17) is 5.11 Å². The van der Waals surface area contributed by atoms with Crippen LogP contribution < -0.4 is 4.90 Å². The van der Waals surface area contributed by atoms with Gasteiger partial charge in [-0.25, -0.2) is 14.8 Å². The van der Waals surface area contributed by atoms with Crippen molar-refractivity contribution in [3.63, 3.8) is 0 Å². The molecule has 2 N–H and O–H groups in total. The quantitative estimate of drug-likeness (QED) is 0.807. The maximum absolute atomic E-state index is 10.7. The minimum absolute atomic E-state index is 0.0601. The summed E-state index contributed by atoms with van der Waals surface area (Å²) >= 11 is 0. The molecule has 6 nitrogen and oxygen atoms in total. The Balaban J connectivity index is 2.15. The van der Waals surface area contributed by atoms with Gasteiger partial charge in [0.1, 0.15) is 5.82 Å². The number of aromatic carboxylic acids is 1. The van der Waals surface area contributed by atoms with Gasteiger partial charge in [-0.2, -0.15) is 0 Å². The minimum Gasteiger partial charge on any atom is -0.476 e. The van der Waals surface area contributed by atoms with Crippen molar-refractivity contribution in [1.82, 2.24) is 9.97 Å². The summed E-state index contributed by atoms with van der Waals surface area (Å²) in [6, 6.07) is 0. The molecular formula is C12H17N3O3. The maximum Gasteiger partial charge on any atom is 0.356 e. The van der Waals surface area contributed by atoms with Gasteiger partial charge in [-0.15, -0.1) is 0 Å². The lowest BCUT2D eigenvalue weighted by Gasteiger charge is -2.42. The summed E-state index contributed by atoms with van der Waals surface area (Å²) in [6.45, 7) is 5.38. The number of hydrogen-bond donors (Lipinski definition) is 2. The molecule has 0 bridgehead atoms. The highest BCUT2D eigenvalue weighted by Gasteiger charge is 2.35. The molecule has 2 heterocycles. The number of aromatic nitrogens is 2. The van der Waals surface area contributed by atoms with Gasteiger partial charge in [-0.05, 0) is 6.42 Å². The average molecular weight is 251 g/mol. The lowest BCUT2D eigenvalue weighted by molar-refractivity contribution is 0.0334. The molecule has 1 aromatic heterocycles. The summed E-state index contributed by atoms with van der Waals surface area (Å²) < 4.78 is 0. The van der Waals surface area contributed by atoms with Crippen LogP contribution in [0.15, 0.2) is 12.4 Å². The Bertz CT molecular complexity index is 444. The van der Waals surface area contributed by atoms with Crippen LogP contribution in [0, 0.1) is 5.41 Å². The van der Waals surface area contributed by atoms with E-state index in [0.717, 1.165) is 0 Å². The molecule has 2 rings (SSSR count). The monoisotopic (exact) mass is 251 g/mol. The second kappa shape index (κ2) is 4.53. The zero-order chi connectivity index (χ0) is 13.3. The lowest BCUT2D eigenvalue weighted by atomic mass is 9.81. The first-order valence-corrected chi connectivity index (χ1v) is 5.88. The van der Waals surface area contributed by atoms with Crippen LogP contribution >= 0.6 is 0 Å². The summed E-state index contributed by atoms with van der Waals surface area (Å²) in [7, 11) is 0. The Morgan fingerprint density at radius 1 is 1.44 bits per heavy atom. The number of aliphatic hydroxyl groups excluding tert-OH is 1. The molecule has 1 atom stereocenters. The summed E-state index contributed by atoms with van der Waals surface area (Å²) in [4.78, 5) is 20.7. The Labute approximate surface area is 105 Å². The molecule has 1 fully saturated rings. The van der Waals surface area contributed by atoms with Crippen molar-refractivity contribution in [2.24, 2.45) is 5.41 Å². The number of carbonyl (C=O) groups is 1. The number of anilines is 1. The zero-order valence-electron chi connectivity index (χ0n) is 10.5. The summed E-state index contributed by atoms with van der Waals surface area (Å²) in [5.41, 5.74) is -0.263. The molecule has 0 radical (unpaired) electrons. The smallest absolute Gasteiger partial charge is 0.356 e. The molecule has 1 aliphatic heterocycles. The van der Waals surface area contributed by atoms with Crippen LogP contribution in [-0.2, 0) is 0 Å². The molecule has 0 saturated carbocycles. The normalized spacial score (nSPS) is 22.8. The average Bonchev–Trinajstić information content (AvgIpc) is 2.33. The number of carboxylic acids is 1. The van der Waals surface area contributed by atoms with E-state index in [2.05, 4.69) is 9.97 Å².